The highest BCUT2D eigenvalue weighted by molar-refractivity contribution is 5.86. The molecule has 0 aliphatic carbocycles. The zero-order valence-electron chi connectivity index (χ0n) is 17.3. The number of halogens is 1. The lowest BCUT2D eigenvalue weighted by Crippen LogP contribution is -2.42. The molecule has 4 heteroatoms. The first-order valence-electron chi connectivity index (χ1n) is 9.74. The van der Waals surface area contributed by atoms with Gasteiger partial charge in [-0.05, 0) is 81.0 Å². The van der Waals surface area contributed by atoms with Crippen molar-refractivity contribution in [2.45, 2.75) is 51.7 Å². The molecule has 2 aromatic rings. The Morgan fingerprint density at radius 3 is 1.90 bits per heavy atom. The van der Waals surface area contributed by atoms with E-state index in [0.717, 1.165) is 41.2 Å². The zero-order valence-corrected chi connectivity index (χ0v) is 17.3. The smallest absolute Gasteiger partial charge is 0.328 e. The molecule has 3 nitrogen and oxygen atoms in total. The van der Waals surface area contributed by atoms with E-state index in [0.29, 0.717) is 0 Å². The van der Waals surface area contributed by atoms with E-state index in [1.165, 1.54) is 17.7 Å². The predicted molar refractivity (Wildman–Crippen MR) is 114 cm³/mol. The number of rotatable bonds is 4. The van der Waals surface area contributed by atoms with Crippen LogP contribution in [0.2, 0.25) is 0 Å². The molecule has 152 valence electrons. The van der Waals surface area contributed by atoms with Crippen LogP contribution >= 0.6 is 0 Å². The molecule has 0 radical (unpaired) electrons. The van der Waals surface area contributed by atoms with Crippen LogP contribution in [0.15, 0.2) is 60.2 Å². The monoisotopic (exact) mass is 394 g/mol. The summed E-state index contributed by atoms with van der Waals surface area (Å²) in [4.78, 5) is 10.8. The van der Waals surface area contributed by atoms with E-state index in [2.05, 4.69) is 27.7 Å². The molecule has 0 bridgehead atoms. The third-order valence-electron chi connectivity index (χ3n) is 4.93. The van der Waals surface area contributed by atoms with Gasteiger partial charge in [-0.3, -0.25) is 0 Å². The maximum atomic E-state index is 13.6. The second kappa shape index (κ2) is 7.96. The molecular formula is C25H27FO3. The molecule has 0 saturated carbocycles. The predicted octanol–water partition coefficient (Wildman–Crippen LogP) is 6.09. The average Bonchev–Trinajstić information content (AvgIpc) is 2.60. The number of hydrogen-bond donors (Lipinski definition) is 1. The van der Waals surface area contributed by atoms with E-state index in [-0.39, 0.29) is 17.0 Å². The van der Waals surface area contributed by atoms with Gasteiger partial charge in [-0.15, -0.1) is 0 Å². The van der Waals surface area contributed by atoms with Crippen LogP contribution in [0.25, 0.3) is 11.6 Å². The van der Waals surface area contributed by atoms with Crippen LogP contribution in [-0.2, 0) is 9.53 Å². The van der Waals surface area contributed by atoms with Crippen LogP contribution in [0, 0.1) is 5.82 Å². The second-order valence-corrected chi connectivity index (χ2v) is 8.75. The molecule has 2 aromatic carbocycles. The number of aliphatic carboxylic acids is 1. The minimum absolute atomic E-state index is 0.264. The van der Waals surface area contributed by atoms with Crippen LogP contribution in [0.5, 0.6) is 0 Å². The molecule has 1 N–H and O–H groups in total. The van der Waals surface area contributed by atoms with Gasteiger partial charge in [-0.25, -0.2) is 9.18 Å². The first-order chi connectivity index (χ1) is 13.5. The summed E-state index contributed by atoms with van der Waals surface area (Å²) >= 11 is 0. The summed E-state index contributed by atoms with van der Waals surface area (Å²) in [6.45, 7) is 8.37. The van der Waals surface area contributed by atoms with Crippen molar-refractivity contribution in [3.05, 3.63) is 82.7 Å². The maximum Gasteiger partial charge on any atom is 0.328 e. The minimum Gasteiger partial charge on any atom is -0.478 e. The summed E-state index contributed by atoms with van der Waals surface area (Å²) in [6.07, 6.45) is 4.25. The quantitative estimate of drug-likeness (QED) is 0.638. The minimum atomic E-state index is -0.977. The van der Waals surface area contributed by atoms with Crippen molar-refractivity contribution in [2.24, 2.45) is 0 Å². The largest absolute Gasteiger partial charge is 0.478 e. The topological polar surface area (TPSA) is 46.5 Å². The zero-order chi connectivity index (χ0) is 21.2. The number of carboxylic acid groups (broad SMARTS) is 1. The fourth-order valence-electron chi connectivity index (χ4n) is 4.21. The SMILES string of the molecule is CC1(C)CC(=C(c2ccc(F)cc2)c2ccc(/C=C/C(=O)O)cc2)CC(C)(C)O1. The molecule has 1 aliphatic rings. The third kappa shape index (κ3) is 5.42. The maximum absolute atomic E-state index is 13.6. The van der Waals surface area contributed by atoms with Gasteiger partial charge in [0.15, 0.2) is 0 Å². The van der Waals surface area contributed by atoms with Crippen LogP contribution in [0.1, 0.15) is 57.2 Å². The van der Waals surface area contributed by atoms with Gasteiger partial charge >= 0.3 is 5.97 Å². The summed E-state index contributed by atoms with van der Waals surface area (Å²) in [5.74, 6) is -1.24. The highest BCUT2D eigenvalue weighted by Gasteiger charge is 2.37. The average molecular weight is 394 g/mol. The summed E-state index contributed by atoms with van der Waals surface area (Å²) in [5.41, 5.74) is 4.55. The summed E-state index contributed by atoms with van der Waals surface area (Å²) < 4.78 is 19.8. The number of ether oxygens (including phenoxy) is 1. The van der Waals surface area contributed by atoms with E-state index < -0.39 is 5.97 Å². The lowest BCUT2D eigenvalue weighted by atomic mass is 9.79. The first kappa shape index (κ1) is 21.0. The molecular weight excluding hydrogens is 367 g/mol. The molecule has 1 aliphatic heterocycles. The number of carbonyl (C=O) groups is 1. The van der Waals surface area contributed by atoms with Crippen LogP contribution in [0.3, 0.4) is 0 Å². The van der Waals surface area contributed by atoms with Crippen molar-refractivity contribution in [3.8, 4) is 0 Å². The molecule has 29 heavy (non-hydrogen) atoms. The van der Waals surface area contributed by atoms with Gasteiger partial charge in [0.2, 0.25) is 0 Å². The number of hydrogen-bond acceptors (Lipinski definition) is 2. The summed E-state index contributed by atoms with van der Waals surface area (Å²) in [5, 5.41) is 8.82. The van der Waals surface area contributed by atoms with Crippen molar-refractivity contribution in [1.82, 2.24) is 0 Å². The van der Waals surface area contributed by atoms with Crippen molar-refractivity contribution in [3.63, 3.8) is 0 Å². The van der Waals surface area contributed by atoms with Crippen LogP contribution in [0.4, 0.5) is 4.39 Å². The van der Waals surface area contributed by atoms with Gasteiger partial charge in [-0.2, -0.15) is 0 Å². The summed E-state index contributed by atoms with van der Waals surface area (Å²) in [7, 11) is 0. The Morgan fingerprint density at radius 2 is 1.41 bits per heavy atom. The van der Waals surface area contributed by atoms with Gasteiger partial charge in [0, 0.05) is 6.08 Å². The van der Waals surface area contributed by atoms with Crippen molar-refractivity contribution >= 4 is 17.6 Å². The molecule has 0 atom stereocenters. The Hall–Kier alpha value is -2.72. The normalized spacial score (nSPS) is 18.0. The van der Waals surface area contributed by atoms with E-state index in [4.69, 9.17) is 9.84 Å². The number of benzene rings is 2. The molecule has 3 rings (SSSR count). The second-order valence-electron chi connectivity index (χ2n) is 8.75. The Balaban J connectivity index is 2.11. The fourth-order valence-corrected chi connectivity index (χ4v) is 4.21. The Bertz CT molecular complexity index is 931. The van der Waals surface area contributed by atoms with Crippen molar-refractivity contribution in [2.75, 3.05) is 0 Å². The highest BCUT2D eigenvalue weighted by atomic mass is 19.1. The van der Waals surface area contributed by atoms with Crippen LogP contribution < -0.4 is 0 Å². The highest BCUT2D eigenvalue weighted by Crippen LogP contribution is 2.43. The molecule has 1 heterocycles. The van der Waals surface area contributed by atoms with Crippen molar-refractivity contribution < 1.29 is 19.0 Å². The Morgan fingerprint density at radius 1 is 0.931 bits per heavy atom. The van der Waals surface area contributed by atoms with Crippen LogP contribution in [-0.4, -0.2) is 22.3 Å². The fraction of sp³-hybridized carbons (Fsp3) is 0.320. The van der Waals surface area contributed by atoms with Gasteiger partial charge < -0.3 is 9.84 Å². The molecule has 1 saturated heterocycles. The molecule has 1 fully saturated rings. The molecule has 0 unspecified atom stereocenters. The van der Waals surface area contributed by atoms with Gasteiger partial charge in [0.25, 0.3) is 0 Å². The van der Waals surface area contributed by atoms with E-state index in [1.807, 2.05) is 36.4 Å². The standard InChI is InChI=1S/C25H27FO3/c1-24(2)15-20(16-25(3,4)29-24)23(19-10-12-21(26)13-11-19)18-8-5-17(6-9-18)7-14-22(27)28/h5-14H,15-16H2,1-4H3,(H,27,28)/b14-7+. The Labute approximate surface area is 171 Å². The molecule has 0 aromatic heterocycles. The van der Waals surface area contributed by atoms with Gasteiger partial charge in [-0.1, -0.05) is 42.0 Å². The lowest BCUT2D eigenvalue weighted by molar-refractivity contribution is -0.138. The van der Waals surface area contributed by atoms with E-state index in [1.54, 1.807) is 6.08 Å². The number of carboxylic acids is 1. The van der Waals surface area contributed by atoms with E-state index >= 15 is 0 Å². The molecule has 0 amide bonds. The van der Waals surface area contributed by atoms with Gasteiger partial charge in [0.05, 0.1) is 11.2 Å². The summed E-state index contributed by atoms with van der Waals surface area (Å²) in [6, 6.07) is 14.4. The third-order valence-corrected chi connectivity index (χ3v) is 4.93. The molecule has 0 spiro atoms. The lowest BCUT2D eigenvalue weighted by Gasteiger charge is -2.43. The Kier molecular flexibility index (Phi) is 5.76. The van der Waals surface area contributed by atoms with Gasteiger partial charge in [0.1, 0.15) is 5.82 Å². The first-order valence-corrected chi connectivity index (χ1v) is 9.74. The van der Waals surface area contributed by atoms with Crippen molar-refractivity contribution in [1.29, 1.82) is 0 Å². The van der Waals surface area contributed by atoms with E-state index in [9.17, 15) is 9.18 Å².